The van der Waals surface area contributed by atoms with Crippen LogP contribution in [0.1, 0.15) is 58.6 Å². The summed E-state index contributed by atoms with van der Waals surface area (Å²) in [4.78, 5) is 24.4. The number of pyridine rings is 2. The lowest BCUT2D eigenvalue weighted by atomic mass is 9.82. The van der Waals surface area contributed by atoms with E-state index in [1.165, 1.54) is 0 Å². The zero-order valence-corrected chi connectivity index (χ0v) is 20.3. The average Bonchev–Trinajstić information content (AvgIpc) is 3.16. The second kappa shape index (κ2) is 8.77. The summed E-state index contributed by atoms with van der Waals surface area (Å²) in [7, 11) is 0. The summed E-state index contributed by atoms with van der Waals surface area (Å²) < 4.78 is 5.73. The fourth-order valence-electron chi connectivity index (χ4n) is 5.17. The van der Waals surface area contributed by atoms with Gasteiger partial charge in [0.05, 0.1) is 5.52 Å². The van der Waals surface area contributed by atoms with Crippen molar-refractivity contribution in [1.82, 2.24) is 25.1 Å². The second-order valence-electron chi connectivity index (χ2n) is 10.4. The molecule has 2 aliphatic rings. The maximum atomic E-state index is 12.9. The van der Waals surface area contributed by atoms with Gasteiger partial charge in [-0.15, -0.1) is 0 Å². The van der Waals surface area contributed by atoms with Crippen LogP contribution < -0.4 is 10.6 Å². The van der Waals surface area contributed by atoms with Crippen molar-refractivity contribution in [2.45, 2.75) is 83.5 Å². The van der Waals surface area contributed by atoms with Crippen LogP contribution in [0.4, 0.5) is 22.2 Å². The molecule has 9 heteroatoms. The van der Waals surface area contributed by atoms with Crippen LogP contribution in [0.2, 0.25) is 0 Å². The number of aromatic nitrogens is 4. The van der Waals surface area contributed by atoms with Crippen molar-refractivity contribution in [3.63, 3.8) is 0 Å². The molecule has 3 atom stereocenters. The Labute approximate surface area is 199 Å². The summed E-state index contributed by atoms with van der Waals surface area (Å²) >= 11 is 0. The molecule has 0 aliphatic carbocycles. The number of rotatable bonds is 4. The molecule has 5 heterocycles. The van der Waals surface area contributed by atoms with E-state index in [1.54, 1.807) is 6.20 Å². The second-order valence-corrected chi connectivity index (χ2v) is 10.4. The highest BCUT2D eigenvalue weighted by molar-refractivity contribution is 5.91. The maximum Gasteiger partial charge on any atom is 0.410 e. The molecule has 2 aliphatic heterocycles. The smallest absolute Gasteiger partial charge is 0.410 e. The number of aromatic amines is 1. The Morgan fingerprint density at radius 2 is 1.94 bits per heavy atom. The first-order chi connectivity index (χ1) is 16.2. The Bertz CT molecular complexity index is 1170. The normalized spacial score (nSPS) is 22.5. The van der Waals surface area contributed by atoms with Gasteiger partial charge in [0.25, 0.3) is 0 Å². The summed E-state index contributed by atoms with van der Waals surface area (Å²) in [6.45, 7) is 7.72. The van der Waals surface area contributed by atoms with E-state index in [-0.39, 0.29) is 24.2 Å². The van der Waals surface area contributed by atoms with E-state index in [0.29, 0.717) is 11.6 Å². The predicted molar refractivity (Wildman–Crippen MR) is 132 cm³/mol. The molecule has 1 amide bonds. The number of nitrogens with one attached hydrogen (secondary N) is 3. The van der Waals surface area contributed by atoms with Gasteiger partial charge in [-0.05, 0) is 71.9 Å². The van der Waals surface area contributed by atoms with E-state index in [1.807, 2.05) is 56.9 Å². The third kappa shape index (κ3) is 4.78. The van der Waals surface area contributed by atoms with Crippen LogP contribution in [0.15, 0.2) is 30.5 Å². The van der Waals surface area contributed by atoms with E-state index < -0.39 is 5.60 Å². The number of fused-ring (bicyclic) bond motifs is 3. The van der Waals surface area contributed by atoms with Crippen LogP contribution in [0, 0.1) is 6.92 Å². The first kappa shape index (κ1) is 22.4. The molecule has 3 aromatic rings. The molecule has 0 saturated carbocycles. The van der Waals surface area contributed by atoms with Crippen molar-refractivity contribution in [1.29, 1.82) is 0 Å². The van der Waals surface area contributed by atoms with E-state index in [2.05, 4.69) is 25.8 Å². The number of ether oxygens (including phenoxy) is 1. The lowest BCUT2D eigenvalue weighted by Gasteiger charge is -2.48. The Balaban J connectivity index is 1.37. The lowest BCUT2D eigenvalue weighted by molar-refractivity contribution is -0.0199. The number of H-pyrrole nitrogens is 1. The van der Waals surface area contributed by atoms with Gasteiger partial charge in [0, 0.05) is 47.5 Å². The number of anilines is 3. The molecule has 0 aromatic carbocycles. The quantitative estimate of drug-likeness (QED) is 0.492. The summed E-state index contributed by atoms with van der Waals surface area (Å²) in [5, 5.41) is 15.1. The van der Waals surface area contributed by atoms with Crippen molar-refractivity contribution in [3.05, 3.63) is 36.2 Å². The van der Waals surface area contributed by atoms with Gasteiger partial charge in [-0.1, -0.05) is 0 Å². The van der Waals surface area contributed by atoms with Gasteiger partial charge in [0.15, 0.2) is 5.82 Å². The van der Waals surface area contributed by atoms with Gasteiger partial charge in [-0.2, -0.15) is 5.10 Å². The third-order valence-corrected chi connectivity index (χ3v) is 6.48. The molecule has 180 valence electrons. The number of carbonyl (C=O) groups is 1. The van der Waals surface area contributed by atoms with Crippen LogP contribution in [0.3, 0.4) is 0 Å². The first-order valence-electron chi connectivity index (χ1n) is 12.1. The zero-order chi connectivity index (χ0) is 23.9. The number of nitrogens with zero attached hydrogens (tertiary/aromatic N) is 4. The molecule has 34 heavy (non-hydrogen) atoms. The highest BCUT2D eigenvalue weighted by Crippen LogP contribution is 2.37. The van der Waals surface area contributed by atoms with Gasteiger partial charge in [-0.25, -0.2) is 9.78 Å². The predicted octanol–water partition coefficient (Wildman–Crippen LogP) is 5.14. The van der Waals surface area contributed by atoms with Crippen molar-refractivity contribution in [2.75, 3.05) is 10.6 Å². The molecule has 3 aromatic heterocycles. The van der Waals surface area contributed by atoms with Gasteiger partial charge in [-0.3, -0.25) is 10.1 Å². The number of piperidine rings is 2. The molecule has 0 radical (unpaired) electrons. The Kier molecular flexibility index (Phi) is 5.79. The number of hydrogen-bond donors (Lipinski definition) is 3. The molecule has 5 rings (SSSR count). The number of amides is 1. The van der Waals surface area contributed by atoms with Crippen LogP contribution in [-0.4, -0.2) is 54.9 Å². The maximum absolute atomic E-state index is 12.9. The van der Waals surface area contributed by atoms with Crippen molar-refractivity contribution in [2.24, 2.45) is 0 Å². The minimum absolute atomic E-state index is 0.178. The van der Waals surface area contributed by atoms with Crippen LogP contribution in [0.5, 0.6) is 0 Å². The molecule has 3 N–H and O–H groups in total. The monoisotopic (exact) mass is 463 g/mol. The molecule has 2 fully saturated rings. The van der Waals surface area contributed by atoms with Crippen LogP contribution in [0.25, 0.3) is 10.9 Å². The molecule has 2 bridgehead atoms. The highest BCUT2D eigenvalue weighted by Gasteiger charge is 2.42. The SMILES string of the molecule is Cc1cc(Nc2cc3ncccc3c(N[C@@H]3C[C@H]4CCC[C@@H](C3)N4C(=O)OC(C)(C)C)n2)n[nH]1. The summed E-state index contributed by atoms with van der Waals surface area (Å²) in [5.74, 6) is 2.20. The summed E-state index contributed by atoms with van der Waals surface area (Å²) in [5.41, 5.74) is 1.35. The van der Waals surface area contributed by atoms with Crippen LogP contribution >= 0.6 is 0 Å². The van der Waals surface area contributed by atoms with Gasteiger partial charge in [0.2, 0.25) is 0 Å². The van der Waals surface area contributed by atoms with E-state index >= 15 is 0 Å². The zero-order valence-electron chi connectivity index (χ0n) is 20.3. The topological polar surface area (TPSA) is 108 Å². The Morgan fingerprint density at radius 1 is 1.18 bits per heavy atom. The summed E-state index contributed by atoms with van der Waals surface area (Å²) in [6.07, 6.45) is 6.50. The van der Waals surface area contributed by atoms with Crippen molar-refractivity contribution < 1.29 is 9.53 Å². The lowest BCUT2D eigenvalue weighted by Crippen LogP contribution is -2.58. The first-order valence-corrected chi connectivity index (χ1v) is 12.1. The molecule has 2 saturated heterocycles. The van der Waals surface area contributed by atoms with E-state index in [9.17, 15) is 4.79 Å². The molecular weight excluding hydrogens is 430 g/mol. The largest absolute Gasteiger partial charge is 0.444 e. The van der Waals surface area contributed by atoms with Crippen molar-refractivity contribution in [3.8, 4) is 0 Å². The van der Waals surface area contributed by atoms with Crippen LogP contribution in [-0.2, 0) is 4.74 Å². The number of aryl methyl sites for hydroxylation is 1. The Hall–Kier alpha value is -3.36. The van der Waals surface area contributed by atoms with Gasteiger partial charge >= 0.3 is 6.09 Å². The minimum Gasteiger partial charge on any atom is -0.444 e. The molecule has 9 nitrogen and oxygen atoms in total. The van der Waals surface area contributed by atoms with Gasteiger partial charge in [0.1, 0.15) is 17.2 Å². The fourth-order valence-corrected chi connectivity index (χ4v) is 5.17. The Morgan fingerprint density at radius 3 is 2.62 bits per heavy atom. The van der Waals surface area contributed by atoms with Gasteiger partial charge < -0.3 is 20.3 Å². The minimum atomic E-state index is -0.489. The van der Waals surface area contributed by atoms with E-state index in [0.717, 1.165) is 54.5 Å². The highest BCUT2D eigenvalue weighted by atomic mass is 16.6. The molecular formula is C25H33N7O2. The average molecular weight is 464 g/mol. The standard InChI is InChI=1S/C25H33N7O2/c1-15-11-22(31-30-15)28-21-14-20-19(9-6-10-26-20)23(29-21)27-16-12-17-7-5-8-18(13-16)32(17)24(33)34-25(2,3)4/h6,9-11,14,16-18H,5,7-8,12-13H2,1-4H3,(H3,27,28,29,30,31)/t16-,17-,18+. The molecule has 0 unspecified atom stereocenters. The fraction of sp³-hybridized carbons (Fsp3) is 0.520. The van der Waals surface area contributed by atoms with Crippen molar-refractivity contribution >= 4 is 34.4 Å². The number of hydrogen-bond acceptors (Lipinski definition) is 7. The van der Waals surface area contributed by atoms with E-state index in [4.69, 9.17) is 9.72 Å². The summed E-state index contributed by atoms with van der Waals surface area (Å²) in [6, 6.07) is 8.41. The number of carbonyl (C=O) groups excluding carboxylic acids is 1. The third-order valence-electron chi connectivity index (χ3n) is 6.48. The molecule has 0 spiro atoms.